The fourth-order valence-corrected chi connectivity index (χ4v) is 2.94. The number of rotatable bonds is 5. The van der Waals surface area contributed by atoms with E-state index in [0.717, 1.165) is 6.07 Å². The Bertz CT molecular complexity index is 914. The quantitative estimate of drug-likeness (QED) is 0.849. The number of halogens is 2. The minimum absolute atomic E-state index is 0.121. The number of sulfone groups is 1. The second-order valence-electron chi connectivity index (χ2n) is 5.02. The molecule has 0 saturated carbocycles. The van der Waals surface area contributed by atoms with Crippen LogP contribution in [0.3, 0.4) is 0 Å². The van der Waals surface area contributed by atoms with E-state index in [1.165, 1.54) is 43.3 Å². The van der Waals surface area contributed by atoms with Crippen LogP contribution < -0.4 is 10.6 Å². The van der Waals surface area contributed by atoms with E-state index in [1.54, 1.807) is 6.07 Å². The van der Waals surface area contributed by atoms with Crippen molar-refractivity contribution in [2.45, 2.75) is 17.6 Å². The Balaban J connectivity index is 2.32. The molecule has 6 nitrogen and oxygen atoms in total. The van der Waals surface area contributed by atoms with Gasteiger partial charge in [0, 0.05) is 18.2 Å². The number of carbonyl (C=O) groups excluding carboxylic acids is 2. The van der Waals surface area contributed by atoms with Crippen LogP contribution in [0.2, 0.25) is 0 Å². The number of hydrogen-bond donors (Lipinski definition) is 2. The van der Waals surface area contributed by atoms with Crippen LogP contribution in [0, 0.1) is 0 Å². The number of carbonyl (C=O) groups is 2. The van der Waals surface area contributed by atoms with Crippen molar-refractivity contribution in [1.82, 2.24) is 0 Å². The summed E-state index contributed by atoms with van der Waals surface area (Å²) in [6, 6.07) is 10.8. The first-order chi connectivity index (χ1) is 11.7. The van der Waals surface area contributed by atoms with Crippen LogP contribution in [0.5, 0.6) is 0 Å². The van der Waals surface area contributed by atoms with Gasteiger partial charge in [-0.1, -0.05) is 18.2 Å². The van der Waals surface area contributed by atoms with Gasteiger partial charge in [0.25, 0.3) is 5.91 Å². The molecule has 0 fully saturated rings. The fourth-order valence-electron chi connectivity index (χ4n) is 2.05. The predicted molar refractivity (Wildman–Crippen MR) is 88.3 cm³/mol. The Morgan fingerprint density at radius 1 is 1.00 bits per heavy atom. The third-order valence-electron chi connectivity index (χ3n) is 3.12. The number of alkyl halides is 2. The lowest BCUT2D eigenvalue weighted by molar-refractivity contribution is -0.114. The van der Waals surface area contributed by atoms with Gasteiger partial charge in [0.1, 0.15) is 0 Å². The second-order valence-corrected chi connectivity index (χ2v) is 6.90. The molecular weight excluding hydrogens is 354 g/mol. The fraction of sp³-hybridized carbons (Fsp3) is 0.125. The highest BCUT2D eigenvalue weighted by atomic mass is 32.2. The number of nitrogens with one attached hydrogen (secondary N) is 2. The third-order valence-corrected chi connectivity index (χ3v) is 4.56. The van der Waals surface area contributed by atoms with Crippen LogP contribution in [-0.4, -0.2) is 26.0 Å². The van der Waals surface area contributed by atoms with E-state index in [4.69, 9.17) is 0 Å². The molecule has 0 aliphatic heterocycles. The molecule has 9 heteroatoms. The monoisotopic (exact) mass is 368 g/mol. The zero-order chi connectivity index (χ0) is 18.6. The van der Waals surface area contributed by atoms with E-state index in [-0.39, 0.29) is 17.2 Å². The third kappa shape index (κ3) is 4.38. The van der Waals surface area contributed by atoms with E-state index in [2.05, 4.69) is 10.6 Å². The molecule has 2 aromatic carbocycles. The standard InChI is InChI=1S/C16H14F2N2O4S/c1-10(21)19-12-6-4-5-11(9-12)15(22)20-13-7-2-3-8-14(13)25(23,24)16(17)18/h2-9,16H,1H3,(H,19,21)(H,20,22). The van der Waals surface area contributed by atoms with E-state index in [9.17, 15) is 26.8 Å². The van der Waals surface area contributed by atoms with Gasteiger partial charge in [0.15, 0.2) is 0 Å². The minimum atomic E-state index is -4.86. The molecule has 2 amide bonds. The molecule has 0 saturated heterocycles. The van der Waals surface area contributed by atoms with Crippen molar-refractivity contribution in [2.24, 2.45) is 0 Å². The Kier molecular flexibility index (Phi) is 5.48. The normalized spacial score (nSPS) is 11.2. The molecular formula is C16H14F2N2O4S. The lowest BCUT2D eigenvalue weighted by Gasteiger charge is -2.12. The maximum atomic E-state index is 12.8. The first-order valence-corrected chi connectivity index (χ1v) is 8.56. The largest absolute Gasteiger partial charge is 0.341 e. The Hall–Kier alpha value is -2.81. The number of amides is 2. The van der Waals surface area contributed by atoms with E-state index in [0.29, 0.717) is 5.69 Å². The molecule has 132 valence electrons. The van der Waals surface area contributed by atoms with Gasteiger partial charge in [-0.05, 0) is 30.3 Å². The highest BCUT2D eigenvalue weighted by Crippen LogP contribution is 2.26. The average Bonchev–Trinajstić information content (AvgIpc) is 2.54. The molecule has 2 rings (SSSR count). The summed E-state index contributed by atoms with van der Waals surface area (Å²) in [5.74, 6) is -4.64. The maximum Gasteiger partial charge on any atom is 0.341 e. The average molecular weight is 368 g/mol. The molecule has 0 bridgehead atoms. The van der Waals surface area contributed by atoms with Gasteiger partial charge >= 0.3 is 5.76 Å². The second kappa shape index (κ2) is 7.39. The van der Waals surface area contributed by atoms with Crippen LogP contribution in [0.25, 0.3) is 0 Å². The molecule has 0 heterocycles. The molecule has 0 aromatic heterocycles. The highest BCUT2D eigenvalue weighted by molar-refractivity contribution is 7.91. The van der Waals surface area contributed by atoms with Gasteiger partial charge in [-0.2, -0.15) is 8.78 Å². The molecule has 0 atom stereocenters. The highest BCUT2D eigenvalue weighted by Gasteiger charge is 2.29. The van der Waals surface area contributed by atoms with Crippen LogP contribution in [0.1, 0.15) is 17.3 Å². The molecule has 2 aromatic rings. The molecule has 0 radical (unpaired) electrons. The summed E-state index contributed by atoms with van der Waals surface area (Å²) < 4.78 is 48.9. The lowest BCUT2D eigenvalue weighted by atomic mass is 10.2. The van der Waals surface area contributed by atoms with Crippen LogP contribution in [0.4, 0.5) is 20.2 Å². The van der Waals surface area contributed by atoms with Crippen molar-refractivity contribution in [3.8, 4) is 0 Å². The van der Waals surface area contributed by atoms with Gasteiger partial charge in [-0.15, -0.1) is 0 Å². The van der Waals surface area contributed by atoms with Gasteiger partial charge in [-0.25, -0.2) is 8.42 Å². The van der Waals surface area contributed by atoms with Gasteiger partial charge in [0.2, 0.25) is 15.7 Å². The Morgan fingerprint density at radius 2 is 1.68 bits per heavy atom. The van der Waals surface area contributed by atoms with Crippen molar-refractivity contribution in [3.05, 3.63) is 54.1 Å². The summed E-state index contributed by atoms with van der Waals surface area (Å²) >= 11 is 0. The van der Waals surface area contributed by atoms with Gasteiger partial charge in [0.05, 0.1) is 10.6 Å². The summed E-state index contributed by atoms with van der Waals surface area (Å²) in [4.78, 5) is 22.7. The topological polar surface area (TPSA) is 92.3 Å². The number of para-hydroxylation sites is 1. The molecule has 2 N–H and O–H groups in total. The van der Waals surface area contributed by atoms with Crippen molar-refractivity contribution < 1.29 is 26.8 Å². The predicted octanol–water partition coefficient (Wildman–Crippen LogP) is 2.89. The van der Waals surface area contributed by atoms with Crippen LogP contribution >= 0.6 is 0 Å². The molecule has 0 spiro atoms. The zero-order valence-electron chi connectivity index (χ0n) is 13.0. The maximum absolute atomic E-state index is 12.8. The summed E-state index contributed by atoms with van der Waals surface area (Å²) in [5.41, 5.74) is 0.238. The van der Waals surface area contributed by atoms with Gasteiger partial charge in [-0.3, -0.25) is 9.59 Å². The number of benzene rings is 2. The van der Waals surface area contributed by atoms with Crippen LogP contribution in [0.15, 0.2) is 53.4 Å². The number of hydrogen-bond acceptors (Lipinski definition) is 4. The van der Waals surface area contributed by atoms with E-state index in [1.807, 2.05) is 0 Å². The van der Waals surface area contributed by atoms with E-state index >= 15 is 0 Å². The molecule has 0 aliphatic rings. The summed E-state index contributed by atoms with van der Waals surface area (Å²) in [5, 5.41) is 4.80. The van der Waals surface area contributed by atoms with Crippen molar-refractivity contribution in [3.63, 3.8) is 0 Å². The molecule has 0 unspecified atom stereocenters. The molecule has 25 heavy (non-hydrogen) atoms. The van der Waals surface area contributed by atoms with Crippen LogP contribution in [-0.2, 0) is 14.6 Å². The first-order valence-electron chi connectivity index (χ1n) is 7.02. The SMILES string of the molecule is CC(=O)Nc1cccc(C(=O)Nc2ccccc2S(=O)(=O)C(F)F)c1. The van der Waals surface area contributed by atoms with E-state index < -0.39 is 26.4 Å². The summed E-state index contributed by atoms with van der Waals surface area (Å²) in [6.07, 6.45) is 0. The number of anilines is 2. The summed E-state index contributed by atoms with van der Waals surface area (Å²) in [6.45, 7) is 1.30. The molecule has 0 aliphatic carbocycles. The van der Waals surface area contributed by atoms with Crippen molar-refractivity contribution in [1.29, 1.82) is 0 Å². The lowest BCUT2D eigenvalue weighted by Crippen LogP contribution is -2.18. The van der Waals surface area contributed by atoms with Gasteiger partial charge < -0.3 is 10.6 Å². The minimum Gasteiger partial charge on any atom is -0.326 e. The smallest absolute Gasteiger partial charge is 0.326 e. The Morgan fingerprint density at radius 3 is 2.32 bits per heavy atom. The summed E-state index contributed by atoms with van der Waals surface area (Å²) in [7, 11) is -4.86. The van der Waals surface area contributed by atoms with Crippen molar-refractivity contribution >= 4 is 33.0 Å². The Labute approximate surface area is 142 Å². The van der Waals surface area contributed by atoms with Crippen molar-refractivity contribution in [2.75, 3.05) is 10.6 Å². The first kappa shape index (κ1) is 18.5. The zero-order valence-corrected chi connectivity index (χ0v) is 13.8.